The highest BCUT2D eigenvalue weighted by Crippen LogP contribution is 2.25. The molecule has 3 heteroatoms. The Morgan fingerprint density at radius 2 is 1.44 bits per heavy atom. The first-order chi connectivity index (χ1) is 8.65. The van der Waals surface area contributed by atoms with Crippen molar-refractivity contribution in [2.45, 2.75) is 19.2 Å². The molecule has 0 spiro atoms. The fraction of sp³-hybridized carbons (Fsp3) is 0.200. The lowest BCUT2D eigenvalue weighted by molar-refractivity contribution is 1.28. The number of hydrogen-bond donors (Lipinski definition) is 0. The molecule has 94 valence electrons. The van der Waals surface area contributed by atoms with Crippen LogP contribution in [0.4, 0.5) is 0 Å². The fourth-order valence-electron chi connectivity index (χ4n) is 2.05. The van der Waals surface area contributed by atoms with Crippen molar-refractivity contribution >= 4 is 33.0 Å². The lowest BCUT2D eigenvalue weighted by Crippen LogP contribution is -1.96. The van der Waals surface area contributed by atoms with E-state index in [0.717, 1.165) is 12.3 Å². The second-order valence-electron chi connectivity index (χ2n) is 4.46. The van der Waals surface area contributed by atoms with Crippen molar-refractivity contribution in [3.05, 3.63) is 53.1 Å². The van der Waals surface area contributed by atoms with Gasteiger partial charge in [0, 0.05) is 0 Å². The average molecular weight is 292 g/mol. The monoisotopic (exact) mass is 292 g/mol. The highest BCUT2D eigenvalue weighted by molar-refractivity contribution is 7.27. The van der Waals surface area contributed by atoms with E-state index >= 15 is 0 Å². The summed E-state index contributed by atoms with van der Waals surface area (Å²) in [7, 11) is 8.40. The minimum atomic E-state index is 1.01. The third-order valence-electron chi connectivity index (χ3n) is 3.25. The Kier molecular flexibility index (Phi) is 4.91. The molecule has 0 amide bonds. The maximum atomic E-state index is 2.82. The summed E-state index contributed by atoms with van der Waals surface area (Å²) < 4.78 is 0. The summed E-state index contributed by atoms with van der Waals surface area (Å²) in [4.78, 5) is 0. The Labute approximate surface area is 117 Å². The van der Waals surface area contributed by atoms with Gasteiger partial charge in [0.25, 0.3) is 0 Å². The molecule has 3 atom stereocenters. The van der Waals surface area contributed by atoms with E-state index in [2.05, 4.69) is 71.0 Å². The molecule has 0 saturated carbocycles. The van der Waals surface area contributed by atoms with E-state index < -0.39 is 0 Å². The zero-order valence-corrected chi connectivity index (χ0v) is 14.1. The van der Waals surface area contributed by atoms with Crippen LogP contribution in [-0.4, -0.2) is 0 Å². The Balaban J connectivity index is 2.47. The molecule has 3 unspecified atom stereocenters. The maximum absolute atomic E-state index is 2.82. The summed E-state index contributed by atoms with van der Waals surface area (Å²) in [6.07, 6.45) is 2.03. The average Bonchev–Trinajstić information content (AvgIpc) is 2.41. The molecule has 0 N–H and O–H groups in total. The van der Waals surface area contributed by atoms with Gasteiger partial charge in [-0.1, -0.05) is 36.4 Å². The normalized spacial score (nSPS) is 10.7. The smallest absolute Gasteiger partial charge is 0.0125 e. The first-order valence-corrected chi connectivity index (χ1v) is 8.25. The summed E-state index contributed by atoms with van der Waals surface area (Å²) >= 11 is 0. The molecule has 2 aromatic rings. The summed E-state index contributed by atoms with van der Waals surface area (Å²) in [6.45, 7) is 2.15. The van der Waals surface area contributed by atoms with Crippen LogP contribution in [-0.2, 0) is 12.3 Å². The van der Waals surface area contributed by atoms with Crippen molar-refractivity contribution in [1.82, 2.24) is 0 Å². The van der Waals surface area contributed by atoms with Crippen molar-refractivity contribution in [1.29, 1.82) is 0 Å². The molecule has 0 aliphatic heterocycles. The molecule has 0 bridgehead atoms. The maximum Gasteiger partial charge on any atom is -0.0125 e. The van der Waals surface area contributed by atoms with Gasteiger partial charge in [0.05, 0.1) is 0 Å². The molecular formula is C15H19P3. The number of hydrogen-bond acceptors (Lipinski definition) is 0. The van der Waals surface area contributed by atoms with Gasteiger partial charge in [0.15, 0.2) is 0 Å². The molecule has 2 aromatic carbocycles. The first-order valence-electron chi connectivity index (χ1n) is 6.04. The molecule has 2 rings (SSSR count). The zero-order chi connectivity index (χ0) is 13.1. The molecule has 0 aromatic heterocycles. The standard InChI is InChI=1S/C15H19P3/c1-10-6-11(4-5-15(10)18)12-2-3-13(8-16)14(7-12)9-17/h2-7H,8-9,16-18H2,1H3. The van der Waals surface area contributed by atoms with Crippen LogP contribution in [0.2, 0.25) is 0 Å². The lowest BCUT2D eigenvalue weighted by atomic mass is 9.99. The summed E-state index contributed by atoms with van der Waals surface area (Å²) in [5, 5.41) is 1.27. The van der Waals surface area contributed by atoms with Crippen molar-refractivity contribution < 1.29 is 0 Å². The molecule has 18 heavy (non-hydrogen) atoms. The topological polar surface area (TPSA) is 0 Å². The van der Waals surface area contributed by atoms with Crippen LogP contribution >= 0.6 is 27.7 Å². The number of aryl methyl sites for hydroxylation is 1. The van der Waals surface area contributed by atoms with Crippen LogP contribution in [0, 0.1) is 6.92 Å². The molecule has 0 aliphatic carbocycles. The van der Waals surface area contributed by atoms with Gasteiger partial charge in [-0.05, 0) is 52.4 Å². The quantitative estimate of drug-likeness (QED) is 0.752. The summed E-state index contributed by atoms with van der Waals surface area (Å²) in [5.74, 6) is 0. The van der Waals surface area contributed by atoms with Gasteiger partial charge < -0.3 is 0 Å². The molecule has 0 aliphatic rings. The second-order valence-corrected chi connectivity index (χ2v) is 5.90. The van der Waals surface area contributed by atoms with Gasteiger partial charge in [-0.25, -0.2) is 0 Å². The van der Waals surface area contributed by atoms with E-state index in [1.165, 1.54) is 33.1 Å². The number of benzene rings is 2. The van der Waals surface area contributed by atoms with E-state index in [1.54, 1.807) is 0 Å². The van der Waals surface area contributed by atoms with E-state index in [4.69, 9.17) is 0 Å². The van der Waals surface area contributed by atoms with Crippen LogP contribution in [0.1, 0.15) is 16.7 Å². The fourth-order valence-corrected chi connectivity index (χ4v) is 3.01. The van der Waals surface area contributed by atoms with E-state index in [9.17, 15) is 0 Å². The predicted molar refractivity (Wildman–Crippen MR) is 92.8 cm³/mol. The molecule has 0 radical (unpaired) electrons. The molecule has 0 heterocycles. The molecule has 0 nitrogen and oxygen atoms in total. The van der Waals surface area contributed by atoms with Crippen molar-refractivity contribution in [3.8, 4) is 11.1 Å². The van der Waals surface area contributed by atoms with Gasteiger partial charge >= 0.3 is 0 Å². The van der Waals surface area contributed by atoms with Gasteiger partial charge in [-0.2, -0.15) is 0 Å². The highest BCUT2D eigenvalue weighted by Gasteiger charge is 2.04. The third kappa shape index (κ3) is 3.00. The molecular weight excluding hydrogens is 273 g/mol. The second kappa shape index (κ2) is 6.25. The Morgan fingerprint density at radius 3 is 2.06 bits per heavy atom. The van der Waals surface area contributed by atoms with E-state index in [0.29, 0.717) is 0 Å². The summed E-state index contributed by atoms with van der Waals surface area (Å²) in [6, 6.07) is 13.4. The Hall–Kier alpha value is -0.270. The number of rotatable bonds is 3. The van der Waals surface area contributed by atoms with E-state index in [1.807, 2.05) is 0 Å². The Bertz CT molecular complexity index is 562. The first kappa shape index (κ1) is 14.1. The van der Waals surface area contributed by atoms with Crippen LogP contribution in [0.25, 0.3) is 11.1 Å². The van der Waals surface area contributed by atoms with Crippen LogP contribution < -0.4 is 5.30 Å². The third-order valence-corrected chi connectivity index (χ3v) is 4.78. The van der Waals surface area contributed by atoms with Crippen molar-refractivity contribution in [3.63, 3.8) is 0 Å². The largest absolute Gasteiger partial charge is 0.133 e. The van der Waals surface area contributed by atoms with E-state index in [-0.39, 0.29) is 0 Å². The van der Waals surface area contributed by atoms with Gasteiger partial charge in [0.2, 0.25) is 0 Å². The lowest BCUT2D eigenvalue weighted by Gasteiger charge is -2.10. The Morgan fingerprint density at radius 1 is 0.833 bits per heavy atom. The van der Waals surface area contributed by atoms with Crippen LogP contribution in [0.15, 0.2) is 36.4 Å². The van der Waals surface area contributed by atoms with Gasteiger partial charge in [-0.3, -0.25) is 0 Å². The predicted octanol–water partition coefficient (Wildman–Crippen LogP) is 3.91. The zero-order valence-electron chi connectivity index (χ0n) is 10.6. The van der Waals surface area contributed by atoms with Crippen LogP contribution in [0.3, 0.4) is 0 Å². The van der Waals surface area contributed by atoms with Gasteiger partial charge in [0.1, 0.15) is 0 Å². The van der Waals surface area contributed by atoms with Crippen LogP contribution in [0.5, 0.6) is 0 Å². The summed E-state index contributed by atoms with van der Waals surface area (Å²) in [5.41, 5.74) is 6.76. The van der Waals surface area contributed by atoms with Crippen molar-refractivity contribution in [2.75, 3.05) is 0 Å². The molecule has 0 saturated heterocycles. The minimum absolute atomic E-state index is 1.01. The minimum Gasteiger partial charge on any atom is -0.133 e. The highest BCUT2D eigenvalue weighted by atomic mass is 31.0. The van der Waals surface area contributed by atoms with Crippen molar-refractivity contribution in [2.24, 2.45) is 0 Å². The molecule has 0 fully saturated rings. The SMILES string of the molecule is Cc1cc(-c2ccc(CP)c(CP)c2)ccc1P. The van der Waals surface area contributed by atoms with Gasteiger partial charge in [-0.15, -0.1) is 27.7 Å².